The molecule has 0 aliphatic carbocycles. The van der Waals surface area contributed by atoms with Gasteiger partial charge in [-0.3, -0.25) is 4.79 Å². The summed E-state index contributed by atoms with van der Waals surface area (Å²) >= 11 is 1.50. The molecule has 1 saturated heterocycles. The lowest BCUT2D eigenvalue weighted by molar-refractivity contribution is 0.104. The zero-order valence-corrected chi connectivity index (χ0v) is 16.1. The molecule has 0 bridgehead atoms. The lowest BCUT2D eigenvalue weighted by atomic mass is 10.1. The lowest BCUT2D eigenvalue weighted by Gasteiger charge is -2.15. The maximum absolute atomic E-state index is 12.8. The summed E-state index contributed by atoms with van der Waals surface area (Å²) < 4.78 is 7.34. The molecule has 6 nitrogen and oxygen atoms in total. The molecule has 3 heterocycles. The molecule has 1 fully saturated rings. The van der Waals surface area contributed by atoms with Crippen molar-refractivity contribution in [2.24, 2.45) is 0 Å². The number of aryl methyl sites for hydroxylation is 1. The van der Waals surface area contributed by atoms with Crippen molar-refractivity contribution in [3.05, 3.63) is 52.5 Å². The van der Waals surface area contributed by atoms with Crippen molar-refractivity contribution in [2.75, 3.05) is 26.7 Å². The molecule has 0 radical (unpaired) electrons. The summed E-state index contributed by atoms with van der Waals surface area (Å²) in [7, 11) is 1.61. The highest BCUT2D eigenvalue weighted by atomic mass is 32.1. The molecule has 4 rings (SSSR count). The Hall–Kier alpha value is -2.80. The van der Waals surface area contributed by atoms with Crippen molar-refractivity contribution in [2.45, 2.75) is 13.5 Å². The molecule has 1 N–H and O–H groups in total. The van der Waals surface area contributed by atoms with Gasteiger partial charge in [-0.15, -0.1) is 11.3 Å². The van der Waals surface area contributed by atoms with Gasteiger partial charge in [-0.05, 0) is 43.3 Å². The van der Waals surface area contributed by atoms with Crippen molar-refractivity contribution < 1.29 is 14.3 Å². The van der Waals surface area contributed by atoms with Gasteiger partial charge in [0, 0.05) is 42.8 Å². The van der Waals surface area contributed by atoms with E-state index in [1.54, 1.807) is 31.4 Å². The fourth-order valence-electron chi connectivity index (χ4n) is 3.39. The summed E-state index contributed by atoms with van der Waals surface area (Å²) in [5.74, 6) is 0.748. The van der Waals surface area contributed by atoms with Crippen LogP contribution in [0.15, 0.2) is 36.4 Å². The number of hydrogen-bond donors (Lipinski definition) is 1. The first-order valence-electron chi connectivity index (χ1n) is 8.88. The summed E-state index contributed by atoms with van der Waals surface area (Å²) in [6, 6.07) is 11.2. The molecule has 1 aromatic carbocycles. The fraction of sp³-hybridized carbons (Fsp3) is 0.300. The molecule has 7 heteroatoms. The first-order valence-corrected chi connectivity index (χ1v) is 9.69. The van der Waals surface area contributed by atoms with Gasteiger partial charge < -0.3 is 19.5 Å². The highest BCUT2D eigenvalue weighted by molar-refractivity contribution is 7.20. The van der Waals surface area contributed by atoms with Crippen LogP contribution in [-0.4, -0.2) is 48.0 Å². The number of hydrogen-bond acceptors (Lipinski definition) is 4. The number of amides is 2. The number of ether oxygens (including phenoxy) is 1. The van der Waals surface area contributed by atoms with Crippen LogP contribution in [0.5, 0.6) is 5.75 Å². The van der Waals surface area contributed by atoms with Gasteiger partial charge in [-0.1, -0.05) is 0 Å². The molecule has 0 spiro atoms. The van der Waals surface area contributed by atoms with E-state index < -0.39 is 0 Å². The Labute approximate surface area is 161 Å². The first-order chi connectivity index (χ1) is 13.1. The van der Waals surface area contributed by atoms with Crippen LogP contribution >= 0.6 is 11.3 Å². The molecule has 1 aliphatic heterocycles. The largest absolute Gasteiger partial charge is 0.497 e. The number of fused-ring (bicyclic) bond motifs is 1. The summed E-state index contributed by atoms with van der Waals surface area (Å²) in [5, 5.41) is 3.89. The van der Waals surface area contributed by atoms with E-state index in [9.17, 15) is 9.59 Å². The van der Waals surface area contributed by atoms with E-state index in [2.05, 4.69) is 22.9 Å². The van der Waals surface area contributed by atoms with E-state index >= 15 is 0 Å². The Bertz CT molecular complexity index is 1000. The molecule has 27 heavy (non-hydrogen) atoms. The minimum Gasteiger partial charge on any atom is -0.497 e. The monoisotopic (exact) mass is 383 g/mol. The molecule has 2 amide bonds. The Morgan fingerprint density at radius 3 is 2.67 bits per heavy atom. The molecule has 140 valence electrons. The number of nitrogens with one attached hydrogen (secondary N) is 1. The van der Waals surface area contributed by atoms with Gasteiger partial charge in [0.05, 0.1) is 12.0 Å². The number of ketones is 1. The summed E-state index contributed by atoms with van der Waals surface area (Å²) in [6.45, 7) is 4.89. The zero-order chi connectivity index (χ0) is 19.0. The van der Waals surface area contributed by atoms with Crippen molar-refractivity contribution in [1.82, 2.24) is 14.8 Å². The Kier molecular flexibility index (Phi) is 4.61. The average Bonchev–Trinajstić information content (AvgIpc) is 3.34. The molecule has 1 aliphatic rings. The van der Waals surface area contributed by atoms with E-state index in [1.807, 2.05) is 11.0 Å². The van der Waals surface area contributed by atoms with E-state index in [0.29, 0.717) is 18.7 Å². The lowest BCUT2D eigenvalue weighted by Crippen LogP contribution is -2.31. The van der Waals surface area contributed by atoms with Crippen LogP contribution in [0.4, 0.5) is 4.79 Å². The third-order valence-electron chi connectivity index (χ3n) is 4.89. The minimum atomic E-state index is -0.00222. The van der Waals surface area contributed by atoms with Crippen LogP contribution in [0.3, 0.4) is 0 Å². The number of carbonyl (C=O) groups is 2. The quantitative estimate of drug-likeness (QED) is 0.665. The third-order valence-corrected chi connectivity index (χ3v) is 6.06. The molecule has 0 saturated carbocycles. The Morgan fingerprint density at radius 1 is 1.22 bits per heavy atom. The Balaban J connectivity index is 1.57. The predicted octanol–water partition coefficient (Wildman–Crippen LogP) is 3.28. The highest BCUT2D eigenvalue weighted by Gasteiger charge is 2.20. The van der Waals surface area contributed by atoms with Crippen LogP contribution in [0, 0.1) is 6.92 Å². The van der Waals surface area contributed by atoms with Gasteiger partial charge in [-0.2, -0.15) is 0 Å². The number of nitrogens with zero attached hydrogens (tertiary/aromatic N) is 2. The first kappa shape index (κ1) is 17.6. The Morgan fingerprint density at radius 2 is 2.00 bits per heavy atom. The maximum atomic E-state index is 12.8. The number of methoxy groups -OCH3 is 1. The molecule has 3 aromatic rings. The molecule has 0 atom stereocenters. The van der Waals surface area contributed by atoms with E-state index in [-0.39, 0.29) is 11.8 Å². The van der Waals surface area contributed by atoms with Crippen LogP contribution in [0.25, 0.3) is 10.2 Å². The van der Waals surface area contributed by atoms with Crippen molar-refractivity contribution in [1.29, 1.82) is 0 Å². The second-order valence-corrected chi connectivity index (χ2v) is 7.62. The minimum absolute atomic E-state index is 0.00222. The average molecular weight is 383 g/mol. The van der Waals surface area contributed by atoms with Gasteiger partial charge in [-0.25, -0.2) is 4.79 Å². The van der Waals surface area contributed by atoms with Crippen LogP contribution in [-0.2, 0) is 6.54 Å². The van der Waals surface area contributed by atoms with Gasteiger partial charge in [0.1, 0.15) is 10.6 Å². The van der Waals surface area contributed by atoms with Crippen LogP contribution < -0.4 is 10.1 Å². The number of benzene rings is 1. The van der Waals surface area contributed by atoms with Crippen molar-refractivity contribution in [3.63, 3.8) is 0 Å². The van der Waals surface area contributed by atoms with Gasteiger partial charge in [0.15, 0.2) is 0 Å². The zero-order valence-electron chi connectivity index (χ0n) is 15.3. The fourth-order valence-corrected chi connectivity index (χ4v) is 4.58. The maximum Gasteiger partial charge on any atom is 0.317 e. The summed E-state index contributed by atoms with van der Waals surface area (Å²) in [4.78, 5) is 28.2. The summed E-state index contributed by atoms with van der Waals surface area (Å²) in [6.07, 6.45) is 0. The van der Waals surface area contributed by atoms with Gasteiger partial charge >= 0.3 is 6.03 Å². The second kappa shape index (κ2) is 7.08. The van der Waals surface area contributed by atoms with E-state index in [0.717, 1.165) is 39.6 Å². The molecular formula is C20H21N3O3S. The topological polar surface area (TPSA) is 63.6 Å². The number of carbonyl (C=O) groups excluding carboxylic acids is 2. The number of urea groups is 1. The second-order valence-electron chi connectivity index (χ2n) is 6.59. The molecule has 2 aromatic heterocycles. The summed E-state index contributed by atoms with van der Waals surface area (Å²) in [5.41, 5.74) is 1.79. The van der Waals surface area contributed by atoms with Crippen LogP contribution in [0.1, 0.15) is 20.9 Å². The number of aromatic nitrogens is 1. The smallest absolute Gasteiger partial charge is 0.317 e. The van der Waals surface area contributed by atoms with E-state index in [1.165, 1.54) is 11.3 Å². The number of rotatable bonds is 6. The standard InChI is InChI=1S/C20H21N3O3S/c1-13-11-15-12-17(18(24)14-3-5-16(26-2)6-4-14)27-19(15)23(13)10-9-22-8-7-21-20(22)25/h3-6,11-12H,7-10H2,1-2H3,(H,21,25). The van der Waals surface area contributed by atoms with Crippen molar-refractivity contribution in [3.8, 4) is 5.75 Å². The SMILES string of the molecule is COc1ccc(C(=O)c2cc3cc(C)n(CCN4CCNC4=O)c3s2)cc1. The molecular weight excluding hydrogens is 362 g/mol. The molecule has 0 unspecified atom stereocenters. The normalized spacial score (nSPS) is 14.0. The van der Waals surface area contributed by atoms with Crippen molar-refractivity contribution >= 4 is 33.4 Å². The van der Waals surface area contributed by atoms with Gasteiger partial charge in [0.25, 0.3) is 0 Å². The highest BCUT2D eigenvalue weighted by Crippen LogP contribution is 2.31. The third kappa shape index (κ3) is 3.30. The van der Waals surface area contributed by atoms with Crippen LogP contribution in [0.2, 0.25) is 0 Å². The van der Waals surface area contributed by atoms with E-state index in [4.69, 9.17) is 4.74 Å². The number of thiophene rings is 1. The van der Waals surface area contributed by atoms with Gasteiger partial charge in [0.2, 0.25) is 5.78 Å². The predicted molar refractivity (Wildman–Crippen MR) is 106 cm³/mol.